The number of imidazole rings is 2. The number of primary amides is 1. The first-order valence-corrected chi connectivity index (χ1v) is 20.7. The highest BCUT2D eigenvalue weighted by Crippen LogP contribution is 2.27. The molecule has 3 amide bonds. The number of hydrogen-bond acceptors (Lipinski definition) is 8. The molecule has 0 fully saturated rings. The predicted molar refractivity (Wildman–Crippen MR) is 236 cm³/mol. The van der Waals surface area contributed by atoms with Crippen LogP contribution in [0.5, 0.6) is 5.75 Å². The molecule has 4 heterocycles. The summed E-state index contributed by atoms with van der Waals surface area (Å²) in [5, 5.41) is 16.1. The Bertz CT molecular complexity index is 2960. The fraction of sp³-hybridized carbons (Fsp3) is 0.409. The van der Waals surface area contributed by atoms with Crippen LogP contribution >= 0.6 is 0 Å². The van der Waals surface area contributed by atoms with Gasteiger partial charge in [-0.15, -0.1) is 0 Å². The molecule has 0 unspecified atom stereocenters. The number of para-hydroxylation sites is 1. The fourth-order valence-corrected chi connectivity index (χ4v) is 7.23. The summed E-state index contributed by atoms with van der Waals surface area (Å²) < 4.78 is 49.2. The van der Waals surface area contributed by atoms with Gasteiger partial charge in [0.15, 0.2) is 0 Å². The summed E-state index contributed by atoms with van der Waals surface area (Å²) in [5.74, 6) is -3.45. The van der Waals surface area contributed by atoms with Gasteiger partial charge in [0.25, 0.3) is 11.8 Å². The molecular weight excluding hydrogens is 850 g/mol. The van der Waals surface area contributed by atoms with E-state index >= 15 is 0 Å². The van der Waals surface area contributed by atoms with E-state index in [0.717, 1.165) is 52.0 Å². The molecule has 6 rings (SSSR count). The number of carboxylic acid groups (broad SMARTS) is 1. The van der Waals surface area contributed by atoms with E-state index in [9.17, 15) is 27.6 Å². The Balaban J connectivity index is 0.00000105. The summed E-state index contributed by atoms with van der Waals surface area (Å²) in [7, 11) is 7.78. The molecule has 0 aliphatic carbocycles. The molecule has 0 atom stereocenters. The van der Waals surface area contributed by atoms with Crippen molar-refractivity contribution in [3.8, 4) is 5.75 Å². The number of hydrogen-bond donors (Lipinski definition) is 2. The van der Waals surface area contributed by atoms with Gasteiger partial charge in [0.1, 0.15) is 22.7 Å². The molecule has 0 aliphatic heterocycles. The zero-order valence-electron chi connectivity index (χ0n) is 38.2. The summed E-state index contributed by atoms with van der Waals surface area (Å²) in [6.45, 7) is 14.8. The minimum atomic E-state index is -5.08. The smallest absolute Gasteiger partial charge is 0.490 e. The van der Waals surface area contributed by atoms with Gasteiger partial charge in [0.2, 0.25) is 17.1 Å². The molecule has 0 bridgehead atoms. The molecule has 18 nitrogen and oxygen atoms in total. The number of aryl methyl sites for hydroxylation is 6. The lowest BCUT2D eigenvalue weighted by atomic mass is 10.1. The maximum Gasteiger partial charge on any atom is 0.490 e. The van der Waals surface area contributed by atoms with Crippen molar-refractivity contribution in [2.24, 2.45) is 29.8 Å². The number of amides is 3. The van der Waals surface area contributed by atoms with Gasteiger partial charge in [-0.2, -0.15) is 33.4 Å². The molecule has 6 aromatic rings. The monoisotopic (exact) mass is 904 g/mol. The highest BCUT2D eigenvalue weighted by atomic mass is 19.4. The maximum absolute atomic E-state index is 13.9. The van der Waals surface area contributed by atoms with Gasteiger partial charge in [0.05, 0.1) is 34.5 Å². The zero-order valence-corrected chi connectivity index (χ0v) is 38.2. The van der Waals surface area contributed by atoms with Crippen LogP contribution in [-0.2, 0) is 45.1 Å². The Morgan fingerprint density at radius 1 is 0.785 bits per heavy atom. The zero-order chi connectivity index (χ0) is 48.1. The summed E-state index contributed by atoms with van der Waals surface area (Å²) >= 11 is 0. The minimum absolute atomic E-state index is 0.344. The normalized spacial score (nSPS) is 12.8. The van der Waals surface area contributed by atoms with Crippen LogP contribution in [0.1, 0.15) is 76.8 Å². The Hall–Kier alpha value is -7.03. The van der Waals surface area contributed by atoms with Crippen molar-refractivity contribution in [1.29, 1.82) is 0 Å². The van der Waals surface area contributed by atoms with Crippen LogP contribution in [-0.4, -0.2) is 105 Å². The van der Waals surface area contributed by atoms with Gasteiger partial charge in [0, 0.05) is 52.4 Å². The number of carbonyl (C=O) groups excluding carboxylic acids is 3. The Kier molecular flexibility index (Phi) is 15.2. The van der Waals surface area contributed by atoms with Crippen LogP contribution in [0.15, 0.2) is 69.7 Å². The second-order valence-electron chi connectivity index (χ2n) is 15.8. The van der Waals surface area contributed by atoms with Gasteiger partial charge < -0.3 is 38.7 Å². The molecule has 21 heteroatoms. The van der Waals surface area contributed by atoms with Crippen LogP contribution in [0.25, 0.3) is 22.1 Å². The van der Waals surface area contributed by atoms with Crippen molar-refractivity contribution >= 4 is 45.8 Å². The van der Waals surface area contributed by atoms with Crippen molar-refractivity contribution in [2.45, 2.75) is 80.3 Å². The first-order valence-electron chi connectivity index (χ1n) is 20.7. The molecule has 0 radical (unpaired) electrons. The molecule has 0 spiro atoms. The van der Waals surface area contributed by atoms with E-state index < -0.39 is 29.9 Å². The van der Waals surface area contributed by atoms with E-state index in [1.807, 2.05) is 108 Å². The lowest BCUT2D eigenvalue weighted by molar-refractivity contribution is -0.192. The quantitative estimate of drug-likeness (QED) is 0.112. The van der Waals surface area contributed by atoms with Crippen LogP contribution < -0.4 is 21.7 Å². The molecular formula is C44H55F3N12O6. The van der Waals surface area contributed by atoms with Crippen molar-refractivity contribution in [3.05, 3.63) is 99.3 Å². The summed E-state index contributed by atoms with van der Waals surface area (Å²) in [4.78, 5) is 60.3. The van der Waals surface area contributed by atoms with Gasteiger partial charge in [-0.25, -0.2) is 4.79 Å². The SMILES string of the molecule is CCn1nc(C)cc1C(=O)N=c1n(C)c2cc(C(N)=O)ccc2n1C/C(C)=C(\C)Cn1c(=NC(=O)c2cc(C)nn2CC)n(C)c2cccc(OCCCN(C)C)c21.O=C(O)C(F)(F)F. The first-order chi connectivity index (χ1) is 30.6. The molecule has 2 aromatic carbocycles. The van der Waals surface area contributed by atoms with Crippen molar-refractivity contribution in [2.75, 3.05) is 27.2 Å². The van der Waals surface area contributed by atoms with Crippen molar-refractivity contribution in [3.63, 3.8) is 0 Å². The number of carboxylic acids is 1. The van der Waals surface area contributed by atoms with Gasteiger partial charge in [-0.3, -0.25) is 23.7 Å². The number of aromatic nitrogens is 8. The lowest BCUT2D eigenvalue weighted by Crippen LogP contribution is -2.28. The summed E-state index contributed by atoms with van der Waals surface area (Å²) in [5.41, 5.74) is 14.2. The number of carbonyl (C=O) groups is 4. The third kappa shape index (κ3) is 11.0. The molecule has 0 saturated heterocycles. The fourth-order valence-electron chi connectivity index (χ4n) is 7.23. The number of ether oxygens (including phenoxy) is 1. The number of benzene rings is 2. The van der Waals surface area contributed by atoms with E-state index in [0.29, 0.717) is 72.2 Å². The number of allylic oxidation sites excluding steroid dienone is 2. The van der Waals surface area contributed by atoms with Gasteiger partial charge >= 0.3 is 12.1 Å². The average Bonchev–Trinajstić information content (AvgIpc) is 3.97. The molecule has 0 aliphatic rings. The predicted octanol–water partition coefficient (Wildman–Crippen LogP) is 4.90. The Morgan fingerprint density at radius 2 is 1.29 bits per heavy atom. The highest BCUT2D eigenvalue weighted by molar-refractivity contribution is 5.97. The number of rotatable bonds is 14. The maximum atomic E-state index is 13.9. The van der Waals surface area contributed by atoms with Crippen LogP contribution in [0, 0.1) is 13.8 Å². The number of nitrogens with two attached hydrogens (primary N) is 1. The van der Waals surface area contributed by atoms with Crippen LogP contribution in [0.4, 0.5) is 13.2 Å². The van der Waals surface area contributed by atoms with E-state index in [1.165, 1.54) is 0 Å². The Labute approximate surface area is 372 Å². The lowest BCUT2D eigenvalue weighted by Gasteiger charge is -2.14. The minimum Gasteiger partial charge on any atom is -0.491 e. The number of halogens is 3. The molecule has 348 valence electrons. The standard InChI is InChI=1S/C42H54N12O4.C2HF3O2/c1-11-53-34(21-28(5)46-53)39(56)44-41-50(10)33-23-30(38(43)55)17-18-31(33)51(41)24-26(3)27(4)25-52-37-32(15-13-16-36(37)58-20-14-19-48(7)8)49(9)42(52)45-40(57)35-22-29(6)47-54(35)12-2;3-2(4,5)1(6)7/h13,15-18,21-23H,11-12,14,19-20,24-25H2,1-10H3,(H2,43,55);(H,6,7)/b27-26+,44-41?,45-42?;. The third-order valence-electron chi connectivity index (χ3n) is 10.6. The number of aliphatic carboxylic acids is 1. The number of fused-ring (bicyclic) bond motifs is 2. The number of alkyl halides is 3. The van der Waals surface area contributed by atoms with Crippen molar-refractivity contribution < 1.29 is 42.2 Å². The van der Waals surface area contributed by atoms with E-state index in [-0.39, 0.29) is 0 Å². The third-order valence-corrected chi connectivity index (χ3v) is 10.6. The largest absolute Gasteiger partial charge is 0.491 e. The summed E-state index contributed by atoms with van der Waals surface area (Å²) in [6, 6.07) is 14.6. The second kappa shape index (κ2) is 20.2. The average molecular weight is 905 g/mol. The molecule has 4 aromatic heterocycles. The summed E-state index contributed by atoms with van der Waals surface area (Å²) in [6.07, 6.45) is -4.25. The molecule has 0 saturated carbocycles. The Morgan fingerprint density at radius 3 is 1.78 bits per heavy atom. The molecule has 3 N–H and O–H groups in total. The van der Waals surface area contributed by atoms with Crippen LogP contribution in [0.3, 0.4) is 0 Å². The van der Waals surface area contributed by atoms with E-state index in [4.69, 9.17) is 25.4 Å². The van der Waals surface area contributed by atoms with Crippen LogP contribution in [0.2, 0.25) is 0 Å². The van der Waals surface area contributed by atoms with Crippen molar-refractivity contribution in [1.82, 2.24) is 42.7 Å². The first kappa shape index (κ1) is 49.0. The van der Waals surface area contributed by atoms with E-state index in [1.54, 1.807) is 38.2 Å². The number of nitrogens with zero attached hydrogens (tertiary/aromatic N) is 11. The van der Waals surface area contributed by atoms with Gasteiger partial charge in [-0.1, -0.05) is 17.2 Å². The highest BCUT2D eigenvalue weighted by Gasteiger charge is 2.38. The molecule has 65 heavy (non-hydrogen) atoms. The second-order valence-corrected chi connectivity index (χ2v) is 15.8. The van der Waals surface area contributed by atoms with Gasteiger partial charge in [-0.05, 0) is 105 Å². The topological polar surface area (TPSA) is 207 Å². The van der Waals surface area contributed by atoms with E-state index in [2.05, 4.69) is 20.1 Å².